The number of nitrogens with zero attached hydrogens (tertiary/aromatic N) is 1. The highest BCUT2D eigenvalue weighted by Crippen LogP contribution is 2.15. The molecule has 0 saturated carbocycles. The maximum absolute atomic E-state index is 11.5. The van der Waals surface area contributed by atoms with E-state index in [9.17, 15) is 8.42 Å². The van der Waals surface area contributed by atoms with E-state index in [0.717, 1.165) is 19.3 Å². The van der Waals surface area contributed by atoms with Crippen molar-refractivity contribution in [2.75, 3.05) is 33.3 Å². The van der Waals surface area contributed by atoms with Gasteiger partial charge in [-0.05, 0) is 25.8 Å². The number of hydrogen-bond donors (Lipinski definition) is 2. The van der Waals surface area contributed by atoms with Gasteiger partial charge < -0.3 is 10.5 Å². The van der Waals surface area contributed by atoms with Crippen molar-refractivity contribution in [1.29, 1.82) is 0 Å². The topological polar surface area (TPSA) is 84.7 Å². The third-order valence-corrected chi connectivity index (χ3v) is 4.26. The van der Waals surface area contributed by atoms with Crippen LogP contribution in [-0.2, 0) is 14.9 Å². The third kappa shape index (κ3) is 3.99. The van der Waals surface area contributed by atoms with E-state index in [-0.39, 0.29) is 6.10 Å². The maximum Gasteiger partial charge on any atom is 0.279 e. The maximum atomic E-state index is 11.5. The monoisotopic (exact) mass is 251 g/mol. The number of hydrogen-bond acceptors (Lipinski definition) is 4. The Kier molecular flexibility index (Phi) is 5.63. The van der Waals surface area contributed by atoms with Crippen LogP contribution in [0.15, 0.2) is 0 Å². The van der Waals surface area contributed by atoms with Gasteiger partial charge in [0.2, 0.25) is 0 Å². The molecule has 0 unspecified atom stereocenters. The van der Waals surface area contributed by atoms with Crippen molar-refractivity contribution in [1.82, 2.24) is 9.03 Å². The predicted octanol–water partition coefficient (Wildman–Crippen LogP) is -0.720. The zero-order valence-electron chi connectivity index (χ0n) is 9.68. The van der Waals surface area contributed by atoms with Crippen molar-refractivity contribution in [2.24, 2.45) is 5.73 Å². The zero-order valence-corrected chi connectivity index (χ0v) is 10.5. The molecule has 3 N–H and O–H groups in total. The van der Waals surface area contributed by atoms with Gasteiger partial charge in [0.05, 0.1) is 6.10 Å². The van der Waals surface area contributed by atoms with E-state index in [1.165, 1.54) is 11.4 Å². The number of rotatable bonds is 6. The van der Waals surface area contributed by atoms with Crippen LogP contribution in [0.25, 0.3) is 0 Å². The van der Waals surface area contributed by atoms with Gasteiger partial charge in [-0.2, -0.15) is 12.7 Å². The molecule has 0 aromatic rings. The molecule has 0 amide bonds. The fourth-order valence-electron chi connectivity index (χ4n) is 1.70. The molecule has 0 aromatic carbocycles. The van der Waals surface area contributed by atoms with Crippen LogP contribution in [0, 0.1) is 0 Å². The van der Waals surface area contributed by atoms with E-state index < -0.39 is 10.2 Å². The Bertz CT molecular complexity index is 286. The van der Waals surface area contributed by atoms with Crippen LogP contribution in [-0.4, -0.2) is 52.1 Å². The zero-order chi connectivity index (χ0) is 12.0. The normalized spacial score (nSPS) is 20.1. The summed E-state index contributed by atoms with van der Waals surface area (Å²) < 4.78 is 32.3. The van der Waals surface area contributed by atoms with Gasteiger partial charge >= 0.3 is 0 Å². The van der Waals surface area contributed by atoms with E-state index in [0.29, 0.717) is 26.2 Å². The van der Waals surface area contributed by atoms with E-state index in [4.69, 9.17) is 10.5 Å². The second-order valence-corrected chi connectivity index (χ2v) is 5.70. The van der Waals surface area contributed by atoms with Crippen LogP contribution in [0.2, 0.25) is 0 Å². The number of piperidine rings is 1. The lowest BCUT2D eigenvalue weighted by Gasteiger charge is -2.30. The Balaban J connectivity index is 2.29. The average Bonchev–Trinajstić information content (AvgIpc) is 2.30. The highest BCUT2D eigenvalue weighted by atomic mass is 32.2. The van der Waals surface area contributed by atoms with Gasteiger partial charge in [0.1, 0.15) is 0 Å². The Morgan fingerprint density at radius 3 is 2.56 bits per heavy atom. The molecule has 7 heteroatoms. The molecule has 1 rings (SSSR count). The first-order valence-electron chi connectivity index (χ1n) is 5.60. The molecule has 0 atom stereocenters. The standard InChI is InChI=1S/C9H21N3O3S/c1-11-16(13,14)12-6-3-9(4-7-12)15-8-2-5-10/h9,11H,2-8,10H2,1H3. The van der Waals surface area contributed by atoms with Crippen molar-refractivity contribution in [3.63, 3.8) is 0 Å². The van der Waals surface area contributed by atoms with Crippen LogP contribution < -0.4 is 10.5 Å². The summed E-state index contributed by atoms with van der Waals surface area (Å²) >= 11 is 0. The molecule has 0 aromatic heterocycles. The number of nitrogens with two attached hydrogens (primary N) is 1. The minimum absolute atomic E-state index is 0.176. The van der Waals surface area contributed by atoms with Crippen LogP contribution in [0.3, 0.4) is 0 Å². The lowest BCUT2D eigenvalue weighted by molar-refractivity contribution is 0.0207. The smallest absolute Gasteiger partial charge is 0.279 e. The van der Waals surface area contributed by atoms with Crippen LogP contribution >= 0.6 is 0 Å². The summed E-state index contributed by atoms with van der Waals surface area (Å²) in [5, 5.41) is 0. The fourth-order valence-corrected chi connectivity index (χ4v) is 2.65. The Morgan fingerprint density at radius 1 is 1.44 bits per heavy atom. The van der Waals surface area contributed by atoms with E-state index in [1.807, 2.05) is 0 Å². The Labute approximate surface area is 97.3 Å². The molecular weight excluding hydrogens is 230 g/mol. The van der Waals surface area contributed by atoms with Crippen molar-refractivity contribution < 1.29 is 13.2 Å². The summed E-state index contributed by atoms with van der Waals surface area (Å²) in [6, 6.07) is 0. The molecule has 1 aliphatic heterocycles. The fraction of sp³-hybridized carbons (Fsp3) is 1.00. The molecule has 1 saturated heterocycles. The summed E-state index contributed by atoms with van der Waals surface area (Å²) in [5.41, 5.74) is 5.37. The second-order valence-electron chi connectivity index (χ2n) is 3.82. The highest BCUT2D eigenvalue weighted by molar-refractivity contribution is 7.87. The van der Waals surface area contributed by atoms with Crippen molar-refractivity contribution >= 4 is 10.2 Å². The number of nitrogens with one attached hydrogen (secondary N) is 1. The van der Waals surface area contributed by atoms with Gasteiger partial charge in [-0.1, -0.05) is 0 Å². The Morgan fingerprint density at radius 2 is 2.06 bits per heavy atom. The van der Waals surface area contributed by atoms with Gasteiger partial charge in [-0.25, -0.2) is 4.72 Å². The molecule has 16 heavy (non-hydrogen) atoms. The molecule has 0 radical (unpaired) electrons. The third-order valence-electron chi connectivity index (χ3n) is 2.70. The summed E-state index contributed by atoms with van der Waals surface area (Å²) in [4.78, 5) is 0. The average molecular weight is 251 g/mol. The predicted molar refractivity (Wildman–Crippen MR) is 62.2 cm³/mol. The van der Waals surface area contributed by atoms with Gasteiger partial charge in [-0.15, -0.1) is 0 Å². The Hall–Kier alpha value is -0.210. The summed E-state index contributed by atoms with van der Waals surface area (Å²) in [5.74, 6) is 0. The van der Waals surface area contributed by atoms with Gasteiger partial charge in [-0.3, -0.25) is 0 Å². The molecule has 1 heterocycles. The van der Waals surface area contributed by atoms with Gasteiger partial charge in [0, 0.05) is 26.7 Å². The molecule has 6 nitrogen and oxygen atoms in total. The minimum Gasteiger partial charge on any atom is -0.378 e. The molecule has 0 bridgehead atoms. The van der Waals surface area contributed by atoms with Crippen LogP contribution in [0.5, 0.6) is 0 Å². The SMILES string of the molecule is CNS(=O)(=O)N1CCC(OCCCN)CC1. The van der Waals surface area contributed by atoms with E-state index in [1.54, 1.807) is 0 Å². The van der Waals surface area contributed by atoms with Crippen molar-refractivity contribution in [3.8, 4) is 0 Å². The quantitative estimate of drug-likeness (QED) is 0.610. The molecule has 1 aliphatic rings. The molecule has 1 fully saturated rings. The van der Waals surface area contributed by atoms with E-state index >= 15 is 0 Å². The lowest BCUT2D eigenvalue weighted by atomic mass is 10.1. The minimum atomic E-state index is -3.26. The molecule has 0 spiro atoms. The first-order chi connectivity index (χ1) is 7.60. The van der Waals surface area contributed by atoms with Gasteiger partial charge in [0.15, 0.2) is 0 Å². The van der Waals surface area contributed by atoms with Crippen molar-refractivity contribution in [3.05, 3.63) is 0 Å². The largest absolute Gasteiger partial charge is 0.378 e. The molecule has 96 valence electrons. The highest BCUT2D eigenvalue weighted by Gasteiger charge is 2.26. The summed E-state index contributed by atoms with van der Waals surface area (Å²) in [6.45, 7) is 2.35. The lowest BCUT2D eigenvalue weighted by Crippen LogP contribution is -2.45. The first kappa shape index (κ1) is 13.9. The molecular formula is C9H21N3O3S. The summed E-state index contributed by atoms with van der Waals surface area (Å²) in [7, 11) is -1.83. The summed E-state index contributed by atoms with van der Waals surface area (Å²) in [6.07, 6.45) is 2.54. The van der Waals surface area contributed by atoms with Crippen LogP contribution in [0.1, 0.15) is 19.3 Å². The second kappa shape index (κ2) is 6.51. The van der Waals surface area contributed by atoms with Crippen molar-refractivity contribution in [2.45, 2.75) is 25.4 Å². The van der Waals surface area contributed by atoms with E-state index in [2.05, 4.69) is 4.72 Å². The first-order valence-corrected chi connectivity index (χ1v) is 7.04. The van der Waals surface area contributed by atoms with Crippen LogP contribution in [0.4, 0.5) is 0 Å². The molecule has 0 aliphatic carbocycles. The van der Waals surface area contributed by atoms with Gasteiger partial charge in [0.25, 0.3) is 10.2 Å². The number of ether oxygens (including phenoxy) is 1.